The number of aromatic nitrogens is 2. The lowest BCUT2D eigenvalue weighted by molar-refractivity contribution is 0.442. The minimum atomic E-state index is -0.237. The molecule has 0 bridgehead atoms. The van der Waals surface area contributed by atoms with Gasteiger partial charge in [-0.3, -0.25) is 4.79 Å². The van der Waals surface area contributed by atoms with Crippen LogP contribution in [0, 0.1) is 0 Å². The lowest BCUT2D eigenvalue weighted by Crippen LogP contribution is -2.46. The Labute approximate surface area is 102 Å². The van der Waals surface area contributed by atoms with E-state index in [-0.39, 0.29) is 11.1 Å². The molecule has 0 aliphatic heterocycles. The van der Waals surface area contributed by atoms with Crippen molar-refractivity contribution < 1.29 is 0 Å². The van der Waals surface area contributed by atoms with Crippen molar-refractivity contribution in [1.29, 1.82) is 0 Å². The van der Waals surface area contributed by atoms with E-state index < -0.39 is 0 Å². The summed E-state index contributed by atoms with van der Waals surface area (Å²) < 4.78 is 1.63. The predicted molar refractivity (Wildman–Crippen MR) is 70.2 cm³/mol. The first-order chi connectivity index (χ1) is 8.12. The first-order valence-electron chi connectivity index (χ1n) is 6.16. The molecule has 0 aliphatic rings. The van der Waals surface area contributed by atoms with Crippen molar-refractivity contribution in [3.8, 4) is 0 Å². The molecule has 3 N–H and O–H groups in total. The van der Waals surface area contributed by atoms with Crippen LogP contribution < -0.4 is 16.6 Å². The Morgan fingerprint density at radius 3 is 2.53 bits per heavy atom. The second-order valence-corrected chi connectivity index (χ2v) is 4.18. The quantitative estimate of drug-likeness (QED) is 0.781. The van der Waals surface area contributed by atoms with Gasteiger partial charge in [0.15, 0.2) is 5.82 Å². The van der Waals surface area contributed by atoms with E-state index in [0.29, 0.717) is 18.9 Å². The molecule has 17 heavy (non-hydrogen) atoms. The Hall–Kier alpha value is -1.36. The summed E-state index contributed by atoms with van der Waals surface area (Å²) >= 11 is 0. The van der Waals surface area contributed by atoms with Gasteiger partial charge in [-0.2, -0.15) is 0 Å². The molecule has 0 amide bonds. The molecule has 1 aromatic heterocycles. The number of nitrogens with zero attached hydrogens (tertiary/aromatic N) is 2. The third-order valence-electron chi connectivity index (χ3n) is 3.38. The Morgan fingerprint density at radius 1 is 1.41 bits per heavy atom. The smallest absolute Gasteiger partial charge is 0.293 e. The molecule has 0 aromatic carbocycles. The fraction of sp³-hybridized carbons (Fsp3) is 0.667. The molecular weight excluding hydrogens is 216 g/mol. The fourth-order valence-electron chi connectivity index (χ4n) is 1.80. The number of nitrogens with two attached hydrogens (primary N) is 1. The first-order valence-corrected chi connectivity index (χ1v) is 6.16. The van der Waals surface area contributed by atoms with Gasteiger partial charge in [0, 0.05) is 25.5 Å². The van der Waals surface area contributed by atoms with Gasteiger partial charge in [0.2, 0.25) is 0 Å². The number of hydrogen-bond acceptors (Lipinski definition) is 4. The number of nitrogens with one attached hydrogen (secondary N) is 1. The van der Waals surface area contributed by atoms with E-state index in [9.17, 15) is 4.79 Å². The van der Waals surface area contributed by atoms with Crippen LogP contribution in [0.2, 0.25) is 0 Å². The van der Waals surface area contributed by atoms with Crippen LogP contribution in [0.3, 0.4) is 0 Å². The third kappa shape index (κ3) is 2.85. The lowest BCUT2D eigenvalue weighted by Gasteiger charge is -2.31. The molecule has 1 heterocycles. The summed E-state index contributed by atoms with van der Waals surface area (Å²) in [4.78, 5) is 16.1. The Bertz CT molecular complexity index is 401. The van der Waals surface area contributed by atoms with Gasteiger partial charge < -0.3 is 15.6 Å². The highest BCUT2D eigenvalue weighted by molar-refractivity contribution is 5.35. The minimum Gasteiger partial charge on any atom is -0.359 e. The van der Waals surface area contributed by atoms with Gasteiger partial charge in [-0.15, -0.1) is 0 Å². The monoisotopic (exact) mass is 238 g/mol. The van der Waals surface area contributed by atoms with E-state index in [1.165, 1.54) is 0 Å². The van der Waals surface area contributed by atoms with E-state index in [1.807, 2.05) is 6.92 Å². The van der Waals surface area contributed by atoms with Crippen molar-refractivity contribution >= 4 is 5.82 Å². The number of hydrogen-bond donors (Lipinski definition) is 2. The zero-order chi connectivity index (χ0) is 12.9. The zero-order valence-electron chi connectivity index (χ0n) is 10.9. The van der Waals surface area contributed by atoms with Crippen LogP contribution in [0.15, 0.2) is 17.2 Å². The van der Waals surface area contributed by atoms with Crippen LogP contribution in [-0.4, -0.2) is 21.6 Å². The number of rotatable bonds is 6. The van der Waals surface area contributed by atoms with Crippen LogP contribution in [0.5, 0.6) is 0 Å². The summed E-state index contributed by atoms with van der Waals surface area (Å²) in [5.41, 5.74) is 5.47. The average Bonchev–Trinajstić information content (AvgIpc) is 2.38. The third-order valence-corrected chi connectivity index (χ3v) is 3.38. The summed E-state index contributed by atoms with van der Waals surface area (Å²) in [5.74, 6) is 0.392. The van der Waals surface area contributed by atoms with Gasteiger partial charge in [-0.25, -0.2) is 4.98 Å². The minimum absolute atomic E-state index is 0.0882. The zero-order valence-corrected chi connectivity index (χ0v) is 10.9. The second-order valence-electron chi connectivity index (χ2n) is 4.18. The van der Waals surface area contributed by atoms with Crippen LogP contribution in [-0.2, 0) is 6.54 Å². The molecule has 5 heteroatoms. The van der Waals surface area contributed by atoms with E-state index in [2.05, 4.69) is 24.1 Å². The first kappa shape index (κ1) is 13.7. The molecule has 96 valence electrons. The van der Waals surface area contributed by atoms with Gasteiger partial charge in [0.25, 0.3) is 5.56 Å². The molecule has 0 aliphatic carbocycles. The SMILES string of the molecule is CCn1ccnc(NC(CC)(CC)CN)c1=O. The molecule has 1 aromatic rings. The van der Waals surface area contributed by atoms with Gasteiger partial charge in [-0.05, 0) is 19.8 Å². The maximum absolute atomic E-state index is 12.0. The standard InChI is InChI=1S/C12H22N4O/c1-4-12(5-2,9-13)15-10-11(17)16(6-3)8-7-14-10/h7-8H,4-6,9,13H2,1-3H3,(H,14,15). The topological polar surface area (TPSA) is 72.9 Å². The van der Waals surface area contributed by atoms with Crippen LogP contribution >= 0.6 is 0 Å². The summed E-state index contributed by atoms with van der Waals surface area (Å²) in [6.07, 6.45) is 5.06. The second kappa shape index (κ2) is 5.82. The molecule has 0 saturated heterocycles. The van der Waals surface area contributed by atoms with E-state index in [1.54, 1.807) is 17.0 Å². The van der Waals surface area contributed by atoms with Crippen molar-refractivity contribution in [1.82, 2.24) is 9.55 Å². The molecule has 5 nitrogen and oxygen atoms in total. The highest BCUT2D eigenvalue weighted by Crippen LogP contribution is 2.17. The summed E-state index contributed by atoms with van der Waals surface area (Å²) in [6, 6.07) is 0. The molecule has 0 spiro atoms. The number of anilines is 1. The summed E-state index contributed by atoms with van der Waals surface area (Å²) in [7, 11) is 0. The average molecular weight is 238 g/mol. The van der Waals surface area contributed by atoms with Gasteiger partial charge in [0.05, 0.1) is 5.54 Å². The molecular formula is C12H22N4O. The number of aryl methyl sites for hydroxylation is 1. The Morgan fingerprint density at radius 2 is 2.06 bits per heavy atom. The maximum atomic E-state index is 12.0. The Kier molecular flexibility index (Phi) is 4.69. The van der Waals surface area contributed by atoms with Crippen molar-refractivity contribution in [2.75, 3.05) is 11.9 Å². The van der Waals surface area contributed by atoms with Crippen molar-refractivity contribution in [3.05, 3.63) is 22.7 Å². The predicted octanol–water partition coefficient (Wildman–Crippen LogP) is 1.19. The lowest BCUT2D eigenvalue weighted by atomic mass is 9.93. The van der Waals surface area contributed by atoms with Gasteiger partial charge in [0.1, 0.15) is 0 Å². The summed E-state index contributed by atoms with van der Waals surface area (Å²) in [5, 5.41) is 3.22. The molecule has 0 radical (unpaired) electrons. The molecule has 0 atom stereocenters. The van der Waals surface area contributed by atoms with Gasteiger partial charge in [-0.1, -0.05) is 13.8 Å². The molecule has 0 fully saturated rings. The van der Waals surface area contributed by atoms with E-state index >= 15 is 0 Å². The Balaban J connectivity index is 3.06. The molecule has 1 rings (SSSR count). The normalized spacial score (nSPS) is 11.5. The van der Waals surface area contributed by atoms with Crippen LogP contribution in [0.1, 0.15) is 33.6 Å². The molecule has 0 saturated carbocycles. The van der Waals surface area contributed by atoms with Crippen LogP contribution in [0.4, 0.5) is 5.82 Å². The van der Waals surface area contributed by atoms with Crippen molar-refractivity contribution in [2.24, 2.45) is 5.73 Å². The molecule has 0 unspecified atom stereocenters. The van der Waals surface area contributed by atoms with Crippen molar-refractivity contribution in [3.63, 3.8) is 0 Å². The van der Waals surface area contributed by atoms with Gasteiger partial charge >= 0.3 is 0 Å². The van der Waals surface area contributed by atoms with E-state index in [4.69, 9.17) is 5.73 Å². The van der Waals surface area contributed by atoms with Crippen LogP contribution in [0.25, 0.3) is 0 Å². The van der Waals surface area contributed by atoms with E-state index in [0.717, 1.165) is 12.8 Å². The highest BCUT2D eigenvalue weighted by Gasteiger charge is 2.25. The fourth-order valence-corrected chi connectivity index (χ4v) is 1.80. The highest BCUT2D eigenvalue weighted by atomic mass is 16.1. The van der Waals surface area contributed by atoms with Crippen molar-refractivity contribution in [2.45, 2.75) is 45.7 Å². The summed E-state index contributed by atoms with van der Waals surface area (Å²) in [6.45, 7) is 7.18. The largest absolute Gasteiger partial charge is 0.359 e. The maximum Gasteiger partial charge on any atom is 0.293 e.